The van der Waals surface area contributed by atoms with Gasteiger partial charge in [-0.3, -0.25) is 4.40 Å². The van der Waals surface area contributed by atoms with Gasteiger partial charge < -0.3 is 15.4 Å². The van der Waals surface area contributed by atoms with E-state index in [1.807, 2.05) is 42.9 Å². The van der Waals surface area contributed by atoms with E-state index in [1.54, 1.807) is 18.4 Å². The van der Waals surface area contributed by atoms with E-state index < -0.39 is 0 Å². The maximum absolute atomic E-state index is 5.76. The molecule has 0 atom stereocenters. The number of benzene rings is 1. The van der Waals surface area contributed by atoms with E-state index in [2.05, 4.69) is 9.30 Å². The van der Waals surface area contributed by atoms with Crippen LogP contribution in [0.25, 0.3) is 4.96 Å². The predicted octanol–water partition coefficient (Wildman–Crippen LogP) is 2.67. The molecular formula is C15H18N4OS. The van der Waals surface area contributed by atoms with Crippen LogP contribution in [-0.2, 0) is 6.42 Å². The molecule has 0 aliphatic heterocycles. The summed E-state index contributed by atoms with van der Waals surface area (Å²) in [7, 11) is 3.68. The number of hydrogen-bond acceptors (Lipinski definition) is 5. The molecule has 0 aliphatic carbocycles. The fourth-order valence-electron chi connectivity index (χ4n) is 2.48. The molecule has 2 N–H and O–H groups in total. The van der Waals surface area contributed by atoms with Crippen molar-refractivity contribution in [1.82, 2.24) is 9.38 Å². The topological polar surface area (TPSA) is 55.8 Å². The average molecular weight is 302 g/mol. The number of anilines is 2. The summed E-state index contributed by atoms with van der Waals surface area (Å²) in [6, 6.07) is 7.93. The highest BCUT2D eigenvalue weighted by molar-refractivity contribution is 7.15. The average Bonchev–Trinajstić information content (AvgIpc) is 3.09. The quantitative estimate of drug-likeness (QED) is 0.787. The number of nitrogens with zero attached hydrogens (tertiary/aromatic N) is 3. The molecule has 0 saturated heterocycles. The van der Waals surface area contributed by atoms with E-state index in [0.717, 1.165) is 34.3 Å². The lowest BCUT2D eigenvalue weighted by Crippen LogP contribution is -2.15. The lowest BCUT2D eigenvalue weighted by molar-refractivity contribution is 0.415. The molecule has 0 fully saturated rings. The van der Waals surface area contributed by atoms with Crippen molar-refractivity contribution in [3.8, 4) is 5.75 Å². The molecule has 2 aromatic heterocycles. The smallest absolute Gasteiger partial charge is 0.195 e. The summed E-state index contributed by atoms with van der Waals surface area (Å²) in [5, 5.41) is 2.04. The minimum Gasteiger partial charge on any atom is -0.495 e. The Kier molecular flexibility index (Phi) is 3.81. The van der Waals surface area contributed by atoms with Gasteiger partial charge in [-0.25, -0.2) is 4.98 Å². The molecule has 6 heteroatoms. The molecule has 110 valence electrons. The third-order valence-electron chi connectivity index (χ3n) is 3.49. The number of methoxy groups -OCH3 is 1. The van der Waals surface area contributed by atoms with E-state index >= 15 is 0 Å². The molecule has 0 saturated carbocycles. The predicted molar refractivity (Wildman–Crippen MR) is 86.9 cm³/mol. The van der Waals surface area contributed by atoms with Crippen LogP contribution in [0, 0.1) is 0 Å². The Morgan fingerprint density at radius 2 is 2.19 bits per heavy atom. The molecule has 3 rings (SSSR count). The van der Waals surface area contributed by atoms with Crippen LogP contribution in [0.2, 0.25) is 0 Å². The van der Waals surface area contributed by atoms with Crippen molar-refractivity contribution in [1.29, 1.82) is 0 Å². The van der Waals surface area contributed by atoms with E-state index in [0.29, 0.717) is 6.54 Å². The van der Waals surface area contributed by atoms with Gasteiger partial charge >= 0.3 is 0 Å². The maximum Gasteiger partial charge on any atom is 0.195 e. The van der Waals surface area contributed by atoms with Crippen LogP contribution in [-0.4, -0.2) is 30.1 Å². The van der Waals surface area contributed by atoms with Gasteiger partial charge in [-0.15, -0.1) is 11.3 Å². The number of nitrogens with two attached hydrogens (primary N) is 1. The molecule has 0 unspecified atom stereocenters. The van der Waals surface area contributed by atoms with Gasteiger partial charge in [0.25, 0.3) is 0 Å². The van der Waals surface area contributed by atoms with Crippen molar-refractivity contribution in [2.75, 3.05) is 25.6 Å². The Bertz CT molecular complexity index is 749. The number of para-hydroxylation sites is 2. The van der Waals surface area contributed by atoms with Crippen molar-refractivity contribution >= 4 is 27.8 Å². The van der Waals surface area contributed by atoms with E-state index in [1.165, 1.54) is 0 Å². The first-order valence-corrected chi connectivity index (χ1v) is 7.65. The summed E-state index contributed by atoms with van der Waals surface area (Å²) in [6.45, 7) is 0.594. The lowest BCUT2D eigenvalue weighted by atomic mass is 10.2. The monoisotopic (exact) mass is 302 g/mol. The highest BCUT2D eigenvalue weighted by Gasteiger charge is 2.19. The van der Waals surface area contributed by atoms with E-state index in [-0.39, 0.29) is 0 Å². The summed E-state index contributed by atoms with van der Waals surface area (Å²) in [5.74, 6) is 1.76. The van der Waals surface area contributed by atoms with Crippen LogP contribution in [0.3, 0.4) is 0 Å². The Morgan fingerprint density at radius 3 is 2.95 bits per heavy atom. The summed E-state index contributed by atoms with van der Waals surface area (Å²) >= 11 is 1.62. The largest absolute Gasteiger partial charge is 0.495 e. The zero-order chi connectivity index (χ0) is 14.8. The van der Waals surface area contributed by atoms with Crippen LogP contribution in [0.15, 0.2) is 35.8 Å². The number of ether oxygens (including phenoxy) is 1. The first-order chi connectivity index (χ1) is 10.3. The van der Waals surface area contributed by atoms with Gasteiger partial charge in [0.15, 0.2) is 10.8 Å². The first kappa shape index (κ1) is 13.9. The fraction of sp³-hybridized carbons (Fsp3) is 0.267. The molecule has 0 spiro atoms. The Balaban J connectivity index is 2.10. The van der Waals surface area contributed by atoms with Gasteiger partial charge in [0.05, 0.1) is 18.5 Å². The standard InChI is InChI=1S/C15H18N4OS/c1-18(11-5-3-4-6-13(11)20-2)14-12(7-8-16)19-9-10-21-15(19)17-14/h3-6,9-10H,7-8,16H2,1-2H3. The third-order valence-corrected chi connectivity index (χ3v) is 4.24. The molecule has 0 aliphatic rings. The molecule has 0 radical (unpaired) electrons. The number of aromatic nitrogens is 2. The highest BCUT2D eigenvalue weighted by Crippen LogP contribution is 2.34. The Hall–Kier alpha value is -2.05. The molecular weight excluding hydrogens is 284 g/mol. The second kappa shape index (κ2) is 5.75. The lowest BCUT2D eigenvalue weighted by Gasteiger charge is -2.20. The maximum atomic E-state index is 5.76. The van der Waals surface area contributed by atoms with Gasteiger partial charge in [0.1, 0.15) is 5.75 Å². The van der Waals surface area contributed by atoms with E-state index in [9.17, 15) is 0 Å². The highest BCUT2D eigenvalue weighted by atomic mass is 32.1. The normalized spacial score (nSPS) is 11.0. The molecule has 0 amide bonds. The van der Waals surface area contributed by atoms with Crippen LogP contribution < -0.4 is 15.4 Å². The second-order valence-electron chi connectivity index (χ2n) is 4.71. The van der Waals surface area contributed by atoms with Gasteiger partial charge in [-0.1, -0.05) is 12.1 Å². The molecule has 2 heterocycles. The number of thiazole rings is 1. The Labute approximate surface area is 127 Å². The van der Waals surface area contributed by atoms with Crippen LogP contribution in [0.1, 0.15) is 5.69 Å². The SMILES string of the molecule is COc1ccccc1N(C)c1nc2sccn2c1CCN. The van der Waals surface area contributed by atoms with E-state index in [4.69, 9.17) is 15.5 Å². The number of imidazole rings is 1. The van der Waals surface area contributed by atoms with Crippen LogP contribution in [0.4, 0.5) is 11.5 Å². The van der Waals surface area contributed by atoms with Crippen LogP contribution in [0.5, 0.6) is 5.75 Å². The second-order valence-corrected chi connectivity index (χ2v) is 5.58. The van der Waals surface area contributed by atoms with Crippen molar-refractivity contribution < 1.29 is 4.74 Å². The molecule has 0 bridgehead atoms. The first-order valence-electron chi connectivity index (χ1n) is 6.77. The Morgan fingerprint density at radius 1 is 1.38 bits per heavy atom. The van der Waals surface area contributed by atoms with Gasteiger partial charge in [0.2, 0.25) is 0 Å². The molecule has 1 aromatic carbocycles. The molecule has 21 heavy (non-hydrogen) atoms. The van der Waals surface area contributed by atoms with Gasteiger partial charge in [-0.05, 0) is 18.7 Å². The minimum absolute atomic E-state index is 0.594. The third kappa shape index (κ3) is 2.36. The summed E-state index contributed by atoms with van der Waals surface area (Å²) in [6.07, 6.45) is 2.82. The summed E-state index contributed by atoms with van der Waals surface area (Å²) in [5.41, 5.74) is 7.88. The van der Waals surface area contributed by atoms with Crippen LogP contribution >= 0.6 is 11.3 Å². The molecule has 3 aromatic rings. The summed E-state index contributed by atoms with van der Waals surface area (Å²) < 4.78 is 7.55. The number of rotatable bonds is 5. The van der Waals surface area contributed by atoms with Gasteiger partial charge in [0, 0.05) is 25.0 Å². The van der Waals surface area contributed by atoms with Gasteiger partial charge in [-0.2, -0.15) is 0 Å². The van der Waals surface area contributed by atoms with Crippen molar-refractivity contribution in [2.45, 2.75) is 6.42 Å². The summed E-state index contributed by atoms with van der Waals surface area (Å²) in [4.78, 5) is 7.78. The zero-order valence-electron chi connectivity index (χ0n) is 12.1. The van der Waals surface area contributed by atoms with Crippen molar-refractivity contribution in [2.24, 2.45) is 5.73 Å². The zero-order valence-corrected chi connectivity index (χ0v) is 12.9. The van der Waals surface area contributed by atoms with Crippen molar-refractivity contribution in [3.63, 3.8) is 0 Å². The number of fused-ring (bicyclic) bond motifs is 1. The fourth-order valence-corrected chi connectivity index (χ4v) is 3.21. The van der Waals surface area contributed by atoms with Crippen molar-refractivity contribution in [3.05, 3.63) is 41.5 Å². The number of hydrogen-bond donors (Lipinski definition) is 1. The molecule has 5 nitrogen and oxygen atoms in total. The minimum atomic E-state index is 0.594.